The zero-order valence-corrected chi connectivity index (χ0v) is 12.2. The van der Waals surface area contributed by atoms with Gasteiger partial charge in [-0.1, -0.05) is 12.8 Å². The molecule has 104 valence electrons. The van der Waals surface area contributed by atoms with E-state index < -0.39 is 0 Å². The highest BCUT2D eigenvalue weighted by Gasteiger charge is 2.26. The van der Waals surface area contributed by atoms with Gasteiger partial charge >= 0.3 is 0 Å². The molecule has 0 bridgehead atoms. The Kier molecular flexibility index (Phi) is 4.69. The molecular formula is C14H20N2O2S. The molecule has 0 saturated heterocycles. The zero-order chi connectivity index (χ0) is 13.8. The summed E-state index contributed by atoms with van der Waals surface area (Å²) in [5.74, 6) is -0.257. The first-order valence-electron chi connectivity index (χ1n) is 6.65. The van der Waals surface area contributed by atoms with Gasteiger partial charge in [0.2, 0.25) is 0 Å². The Labute approximate surface area is 117 Å². The molecule has 1 aliphatic rings. The third-order valence-corrected chi connectivity index (χ3v) is 4.79. The smallest absolute Gasteiger partial charge is 0.256 e. The van der Waals surface area contributed by atoms with Crippen molar-refractivity contribution in [3.05, 3.63) is 33.7 Å². The maximum Gasteiger partial charge on any atom is 0.256 e. The summed E-state index contributed by atoms with van der Waals surface area (Å²) in [4.78, 5) is 26.9. The van der Waals surface area contributed by atoms with Crippen molar-refractivity contribution in [2.75, 3.05) is 6.26 Å². The number of aromatic amines is 1. The van der Waals surface area contributed by atoms with Crippen LogP contribution in [0, 0.1) is 6.92 Å². The first-order valence-corrected chi connectivity index (χ1v) is 7.93. The summed E-state index contributed by atoms with van der Waals surface area (Å²) in [7, 11) is 0. The van der Waals surface area contributed by atoms with Crippen LogP contribution in [0.4, 0.5) is 0 Å². The molecule has 0 radical (unpaired) electrons. The molecule has 1 aliphatic carbocycles. The topological polar surface area (TPSA) is 62.0 Å². The maximum atomic E-state index is 12.2. The number of carbonyl (C=O) groups is 1. The van der Waals surface area contributed by atoms with Crippen molar-refractivity contribution in [2.24, 2.45) is 0 Å². The van der Waals surface area contributed by atoms with Crippen LogP contribution in [0.3, 0.4) is 0 Å². The molecule has 2 rings (SSSR count). The van der Waals surface area contributed by atoms with Gasteiger partial charge in [-0.3, -0.25) is 9.59 Å². The molecular weight excluding hydrogens is 260 g/mol. The molecule has 4 nitrogen and oxygen atoms in total. The lowest BCUT2D eigenvalue weighted by Crippen LogP contribution is -2.44. The summed E-state index contributed by atoms with van der Waals surface area (Å²) in [6.45, 7) is 1.80. The van der Waals surface area contributed by atoms with E-state index in [1.165, 1.54) is 18.7 Å². The molecule has 1 fully saturated rings. The van der Waals surface area contributed by atoms with E-state index in [2.05, 4.69) is 16.6 Å². The Morgan fingerprint density at radius 3 is 2.84 bits per heavy atom. The largest absolute Gasteiger partial charge is 0.364 e. The number of pyridine rings is 1. The predicted octanol–water partition coefficient (Wildman–Crippen LogP) is 2.09. The average molecular weight is 280 g/mol. The van der Waals surface area contributed by atoms with Crippen molar-refractivity contribution in [3.8, 4) is 0 Å². The highest BCUT2D eigenvalue weighted by atomic mass is 32.2. The number of nitrogens with one attached hydrogen (secondary N) is 2. The molecule has 1 heterocycles. The molecule has 0 spiro atoms. The van der Waals surface area contributed by atoms with Gasteiger partial charge in [-0.15, -0.1) is 0 Å². The minimum absolute atomic E-state index is 0.178. The van der Waals surface area contributed by atoms with Gasteiger partial charge < -0.3 is 10.3 Å². The highest BCUT2D eigenvalue weighted by molar-refractivity contribution is 7.99. The van der Waals surface area contributed by atoms with Crippen LogP contribution in [-0.2, 0) is 0 Å². The molecule has 19 heavy (non-hydrogen) atoms. The van der Waals surface area contributed by atoms with E-state index in [1.807, 2.05) is 0 Å². The Hall–Kier alpha value is -1.23. The van der Waals surface area contributed by atoms with Gasteiger partial charge in [0.15, 0.2) is 5.43 Å². The molecule has 0 aromatic carbocycles. The quantitative estimate of drug-likeness (QED) is 0.891. The maximum absolute atomic E-state index is 12.2. The van der Waals surface area contributed by atoms with Gasteiger partial charge in [0.25, 0.3) is 5.91 Å². The van der Waals surface area contributed by atoms with Crippen molar-refractivity contribution in [1.29, 1.82) is 0 Å². The fourth-order valence-corrected chi connectivity index (χ4v) is 3.48. The van der Waals surface area contributed by atoms with Crippen molar-refractivity contribution >= 4 is 17.7 Å². The first kappa shape index (κ1) is 14.2. The fourth-order valence-electron chi connectivity index (χ4n) is 2.54. The van der Waals surface area contributed by atoms with E-state index in [4.69, 9.17) is 0 Å². The van der Waals surface area contributed by atoms with Crippen LogP contribution < -0.4 is 10.7 Å². The van der Waals surface area contributed by atoms with Gasteiger partial charge in [0, 0.05) is 29.2 Å². The van der Waals surface area contributed by atoms with Gasteiger partial charge in [0.05, 0.1) is 0 Å². The average Bonchev–Trinajstić information content (AvgIpc) is 2.39. The third kappa shape index (κ3) is 3.41. The summed E-state index contributed by atoms with van der Waals surface area (Å²) in [5.41, 5.74) is 0.752. The number of carbonyl (C=O) groups excluding carboxylic acids is 1. The van der Waals surface area contributed by atoms with Crippen LogP contribution in [0.15, 0.2) is 17.1 Å². The fraction of sp³-hybridized carbons (Fsp3) is 0.571. The molecule has 2 N–H and O–H groups in total. The minimum atomic E-state index is -0.257. The summed E-state index contributed by atoms with van der Waals surface area (Å²) >= 11 is 1.80. The number of thioether (sulfide) groups is 1. The summed E-state index contributed by atoms with van der Waals surface area (Å²) in [5, 5.41) is 3.48. The Bertz CT molecular complexity index is 512. The molecule has 1 aromatic rings. The Balaban J connectivity index is 2.09. The molecule has 2 unspecified atom stereocenters. The number of amides is 1. The second-order valence-corrected chi connectivity index (χ2v) is 6.11. The van der Waals surface area contributed by atoms with Gasteiger partial charge in [-0.25, -0.2) is 0 Å². The number of hydrogen-bond donors (Lipinski definition) is 2. The lowest BCUT2D eigenvalue weighted by atomic mass is 9.94. The van der Waals surface area contributed by atoms with E-state index >= 15 is 0 Å². The van der Waals surface area contributed by atoms with Crippen LogP contribution in [0.1, 0.15) is 41.7 Å². The number of hydrogen-bond acceptors (Lipinski definition) is 3. The van der Waals surface area contributed by atoms with Crippen molar-refractivity contribution in [3.63, 3.8) is 0 Å². The second-order valence-electron chi connectivity index (χ2n) is 5.03. The molecule has 1 aromatic heterocycles. The van der Waals surface area contributed by atoms with Crippen LogP contribution in [0.25, 0.3) is 0 Å². The molecule has 5 heteroatoms. The second kappa shape index (κ2) is 6.28. The number of H-pyrrole nitrogens is 1. The highest BCUT2D eigenvalue weighted by Crippen LogP contribution is 2.27. The molecule has 0 aliphatic heterocycles. The Morgan fingerprint density at radius 1 is 1.42 bits per heavy atom. The molecule has 1 amide bonds. The molecule has 2 atom stereocenters. The number of aryl methyl sites for hydroxylation is 1. The first-order chi connectivity index (χ1) is 9.11. The monoisotopic (exact) mass is 280 g/mol. The van der Waals surface area contributed by atoms with Crippen LogP contribution in [0.2, 0.25) is 0 Å². The lowest BCUT2D eigenvalue weighted by molar-refractivity contribution is 0.0928. The predicted molar refractivity (Wildman–Crippen MR) is 78.8 cm³/mol. The van der Waals surface area contributed by atoms with Crippen LogP contribution >= 0.6 is 11.8 Å². The Morgan fingerprint density at radius 2 is 2.16 bits per heavy atom. The standard InChI is InChI=1S/C14H20N2O2S/c1-9-7-12(17)10(8-15-9)14(18)16-11-5-3-4-6-13(11)19-2/h7-8,11,13H,3-6H2,1-2H3,(H,15,17)(H,16,18). The van der Waals surface area contributed by atoms with Gasteiger partial charge in [-0.05, 0) is 26.0 Å². The van der Waals surface area contributed by atoms with Gasteiger partial charge in [-0.2, -0.15) is 11.8 Å². The summed E-state index contributed by atoms with van der Waals surface area (Å²) in [6.07, 6.45) is 8.09. The summed E-state index contributed by atoms with van der Waals surface area (Å²) < 4.78 is 0. The van der Waals surface area contributed by atoms with Crippen LogP contribution in [-0.4, -0.2) is 28.4 Å². The number of aromatic nitrogens is 1. The van der Waals surface area contributed by atoms with Crippen molar-refractivity contribution in [2.45, 2.75) is 43.9 Å². The number of rotatable bonds is 3. The lowest BCUT2D eigenvalue weighted by Gasteiger charge is -2.30. The van der Waals surface area contributed by atoms with Crippen LogP contribution in [0.5, 0.6) is 0 Å². The minimum Gasteiger partial charge on any atom is -0.364 e. The normalized spacial score (nSPS) is 23.1. The van der Waals surface area contributed by atoms with Crippen molar-refractivity contribution in [1.82, 2.24) is 10.3 Å². The zero-order valence-electron chi connectivity index (χ0n) is 11.4. The van der Waals surface area contributed by atoms with E-state index in [-0.39, 0.29) is 22.9 Å². The van der Waals surface area contributed by atoms with Crippen molar-refractivity contribution < 1.29 is 4.79 Å². The molecule has 1 saturated carbocycles. The van der Waals surface area contributed by atoms with E-state index in [9.17, 15) is 9.59 Å². The van der Waals surface area contributed by atoms with E-state index in [1.54, 1.807) is 18.7 Å². The van der Waals surface area contributed by atoms with E-state index in [0.29, 0.717) is 5.25 Å². The van der Waals surface area contributed by atoms with E-state index in [0.717, 1.165) is 25.0 Å². The third-order valence-electron chi connectivity index (χ3n) is 3.62. The summed E-state index contributed by atoms with van der Waals surface area (Å²) in [6, 6.07) is 1.64. The SMILES string of the molecule is CSC1CCCCC1NC(=O)c1c[nH]c(C)cc1=O. The van der Waals surface area contributed by atoms with Gasteiger partial charge in [0.1, 0.15) is 5.56 Å².